The first-order valence-electron chi connectivity index (χ1n) is 7.62. The van der Waals surface area contributed by atoms with Crippen LogP contribution in [0.25, 0.3) is 0 Å². The summed E-state index contributed by atoms with van der Waals surface area (Å²) in [4.78, 5) is 17.0. The van der Waals surface area contributed by atoms with Crippen molar-refractivity contribution in [3.05, 3.63) is 53.1 Å². The molecule has 6 nitrogen and oxygen atoms in total. The summed E-state index contributed by atoms with van der Waals surface area (Å²) in [6.45, 7) is -0.479. The standard InChI is InChI=1S/C16H16F3N3O3/c17-16(18,19)14-12(9-23)22-7-6-21(8-13(22)20-14)15(24)25-10-11-4-2-1-3-5-11/h1-5,23H,6-10H2. The van der Waals surface area contributed by atoms with E-state index in [1.807, 2.05) is 18.2 Å². The predicted octanol–water partition coefficient (Wildman–Crippen LogP) is 2.55. The average Bonchev–Trinajstić information content (AvgIpc) is 2.98. The van der Waals surface area contributed by atoms with Gasteiger partial charge in [0, 0.05) is 13.1 Å². The Balaban J connectivity index is 1.70. The predicted molar refractivity (Wildman–Crippen MR) is 80.2 cm³/mol. The highest BCUT2D eigenvalue weighted by Crippen LogP contribution is 2.33. The molecule has 0 saturated carbocycles. The molecule has 0 radical (unpaired) electrons. The summed E-state index contributed by atoms with van der Waals surface area (Å²) >= 11 is 0. The summed E-state index contributed by atoms with van der Waals surface area (Å²) in [6.07, 6.45) is -5.27. The Morgan fingerprint density at radius 1 is 1.24 bits per heavy atom. The van der Waals surface area contributed by atoms with E-state index in [2.05, 4.69) is 4.98 Å². The molecule has 9 heteroatoms. The van der Waals surface area contributed by atoms with Crippen LogP contribution in [0.2, 0.25) is 0 Å². The molecule has 0 spiro atoms. The lowest BCUT2D eigenvalue weighted by Gasteiger charge is -2.27. The van der Waals surface area contributed by atoms with Gasteiger partial charge in [0.05, 0.1) is 18.8 Å². The summed E-state index contributed by atoms with van der Waals surface area (Å²) in [6, 6.07) is 9.08. The maximum absolute atomic E-state index is 13.0. The Hall–Kier alpha value is -2.55. The minimum atomic E-state index is -4.65. The Morgan fingerprint density at radius 2 is 1.96 bits per heavy atom. The number of aliphatic hydroxyl groups is 1. The fraction of sp³-hybridized carbons (Fsp3) is 0.375. The second kappa shape index (κ2) is 6.75. The van der Waals surface area contributed by atoms with Gasteiger partial charge in [-0.05, 0) is 5.56 Å². The van der Waals surface area contributed by atoms with Crippen LogP contribution in [0.15, 0.2) is 30.3 Å². The molecule has 2 aromatic rings. The molecule has 2 heterocycles. The Labute approximate surface area is 141 Å². The summed E-state index contributed by atoms with van der Waals surface area (Å²) in [5.41, 5.74) is -0.569. The number of aromatic nitrogens is 2. The first-order valence-corrected chi connectivity index (χ1v) is 7.62. The number of aliphatic hydroxyl groups excluding tert-OH is 1. The molecular weight excluding hydrogens is 339 g/mol. The van der Waals surface area contributed by atoms with E-state index in [0.717, 1.165) is 5.56 Å². The van der Waals surface area contributed by atoms with E-state index in [0.29, 0.717) is 0 Å². The highest BCUT2D eigenvalue weighted by atomic mass is 19.4. The first kappa shape index (κ1) is 17.3. The highest BCUT2D eigenvalue weighted by Gasteiger charge is 2.40. The van der Waals surface area contributed by atoms with E-state index >= 15 is 0 Å². The van der Waals surface area contributed by atoms with Crippen molar-refractivity contribution in [1.29, 1.82) is 0 Å². The number of benzene rings is 1. The second-order valence-electron chi connectivity index (χ2n) is 5.59. The molecule has 0 saturated heterocycles. The molecule has 1 aromatic heterocycles. The van der Waals surface area contributed by atoms with Gasteiger partial charge in [-0.2, -0.15) is 13.2 Å². The van der Waals surface area contributed by atoms with Crippen molar-refractivity contribution < 1.29 is 27.8 Å². The van der Waals surface area contributed by atoms with Gasteiger partial charge in [-0.15, -0.1) is 0 Å². The van der Waals surface area contributed by atoms with Crippen molar-refractivity contribution in [3.8, 4) is 0 Å². The number of amides is 1. The lowest BCUT2D eigenvalue weighted by molar-refractivity contribution is -0.142. The van der Waals surface area contributed by atoms with Crippen LogP contribution in [0.1, 0.15) is 22.8 Å². The largest absolute Gasteiger partial charge is 0.445 e. The van der Waals surface area contributed by atoms with Crippen LogP contribution in [-0.2, 0) is 37.2 Å². The molecule has 134 valence electrons. The number of carbonyl (C=O) groups excluding carboxylic acids is 1. The summed E-state index contributed by atoms with van der Waals surface area (Å²) in [5.74, 6) is 0.0827. The third-order valence-corrected chi connectivity index (χ3v) is 3.96. The molecule has 25 heavy (non-hydrogen) atoms. The third-order valence-electron chi connectivity index (χ3n) is 3.96. The Kier molecular flexibility index (Phi) is 4.67. The van der Waals surface area contributed by atoms with Gasteiger partial charge in [-0.25, -0.2) is 9.78 Å². The fourth-order valence-corrected chi connectivity index (χ4v) is 2.75. The number of carbonyl (C=O) groups is 1. The zero-order valence-corrected chi connectivity index (χ0v) is 13.2. The number of ether oxygens (including phenoxy) is 1. The first-order chi connectivity index (χ1) is 11.9. The zero-order chi connectivity index (χ0) is 18.0. The van der Waals surface area contributed by atoms with E-state index in [4.69, 9.17) is 4.74 Å². The van der Waals surface area contributed by atoms with Gasteiger partial charge in [0.25, 0.3) is 0 Å². The molecule has 0 aliphatic carbocycles. The van der Waals surface area contributed by atoms with Crippen LogP contribution in [0.5, 0.6) is 0 Å². The van der Waals surface area contributed by atoms with Crippen LogP contribution in [0.4, 0.5) is 18.0 Å². The smallest absolute Gasteiger partial charge is 0.435 e. The van der Waals surface area contributed by atoms with Gasteiger partial charge in [0.2, 0.25) is 0 Å². The number of alkyl halides is 3. The van der Waals surface area contributed by atoms with E-state index in [-0.39, 0.29) is 37.8 Å². The average molecular weight is 355 g/mol. The lowest BCUT2D eigenvalue weighted by atomic mass is 10.2. The van der Waals surface area contributed by atoms with Crippen LogP contribution in [0, 0.1) is 0 Å². The molecule has 3 rings (SSSR count). The third kappa shape index (κ3) is 3.60. The molecule has 1 amide bonds. The molecule has 0 bridgehead atoms. The number of hydrogen-bond donors (Lipinski definition) is 1. The van der Waals surface area contributed by atoms with Crippen LogP contribution >= 0.6 is 0 Å². The van der Waals surface area contributed by atoms with E-state index in [1.54, 1.807) is 12.1 Å². The maximum Gasteiger partial charge on any atom is 0.435 e. The highest BCUT2D eigenvalue weighted by molar-refractivity contribution is 5.67. The Bertz CT molecular complexity index is 759. The number of imidazole rings is 1. The van der Waals surface area contributed by atoms with Crippen LogP contribution in [-0.4, -0.2) is 32.2 Å². The van der Waals surface area contributed by atoms with Crippen molar-refractivity contribution in [2.45, 2.75) is 32.5 Å². The zero-order valence-electron chi connectivity index (χ0n) is 13.2. The molecule has 1 aliphatic heterocycles. The molecule has 0 unspecified atom stereocenters. The van der Waals surface area contributed by atoms with Gasteiger partial charge < -0.3 is 14.4 Å². The lowest BCUT2D eigenvalue weighted by Crippen LogP contribution is -2.39. The molecular formula is C16H16F3N3O3. The Morgan fingerprint density at radius 3 is 2.60 bits per heavy atom. The van der Waals surface area contributed by atoms with E-state index in [9.17, 15) is 23.1 Å². The number of rotatable bonds is 3. The number of hydrogen-bond acceptors (Lipinski definition) is 4. The van der Waals surface area contributed by atoms with Crippen molar-refractivity contribution in [3.63, 3.8) is 0 Å². The number of halogens is 3. The van der Waals surface area contributed by atoms with E-state index < -0.39 is 24.6 Å². The number of fused-ring (bicyclic) bond motifs is 1. The quantitative estimate of drug-likeness (QED) is 0.919. The summed E-state index contributed by atoms with van der Waals surface area (Å²) in [7, 11) is 0. The topological polar surface area (TPSA) is 67.6 Å². The minimum absolute atomic E-state index is 0.0827. The van der Waals surface area contributed by atoms with Gasteiger partial charge in [0.1, 0.15) is 12.4 Å². The van der Waals surface area contributed by atoms with Gasteiger partial charge in [-0.3, -0.25) is 4.90 Å². The van der Waals surface area contributed by atoms with Gasteiger partial charge >= 0.3 is 12.3 Å². The summed E-state index contributed by atoms with van der Waals surface area (Å²) < 4.78 is 45.5. The second-order valence-corrected chi connectivity index (χ2v) is 5.59. The maximum atomic E-state index is 13.0. The summed E-state index contributed by atoms with van der Waals surface area (Å²) in [5, 5.41) is 9.25. The normalized spacial score (nSPS) is 14.3. The minimum Gasteiger partial charge on any atom is -0.445 e. The fourth-order valence-electron chi connectivity index (χ4n) is 2.75. The van der Waals surface area contributed by atoms with Crippen LogP contribution < -0.4 is 0 Å². The van der Waals surface area contributed by atoms with Crippen molar-refractivity contribution in [2.75, 3.05) is 6.54 Å². The monoisotopic (exact) mass is 355 g/mol. The molecule has 1 aromatic carbocycles. The van der Waals surface area contributed by atoms with Gasteiger partial charge in [-0.1, -0.05) is 30.3 Å². The van der Waals surface area contributed by atoms with E-state index in [1.165, 1.54) is 9.47 Å². The SMILES string of the molecule is O=C(OCc1ccccc1)N1CCn2c(nc(C(F)(F)F)c2CO)C1. The molecule has 1 aliphatic rings. The molecule has 0 fully saturated rings. The van der Waals surface area contributed by atoms with Crippen molar-refractivity contribution in [2.24, 2.45) is 0 Å². The van der Waals surface area contributed by atoms with Gasteiger partial charge in [0.15, 0.2) is 5.69 Å². The van der Waals surface area contributed by atoms with Crippen LogP contribution in [0.3, 0.4) is 0 Å². The van der Waals surface area contributed by atoms with Crippen molar-refractivity contribution in [1.82, 2.24) is 14.5 Å². The molecule has 0 atom stereocenters. The number of nitrogens with zero attached hydrogens (tertiary/aromatic N) is 3. The van der Waals surface area contributed by atoms with Crippen molar-refractivity contribution >= 4 is 6.09 Å². The molecule has 1 N–H and O–H groups in total.